The third-order valence-corrected chi connectivity index (χ3v) is 10.7. The molecule has 12 nitrogen and oxygen atoms in total. The Morgan fingerprint density at radius 2 is 1.51 bits per heavy atom. The van der Waals surface area contributed by atoms with Crippen molar-refractivity contribution in [1.29, 1.82) is 0 Å². The Hall–Kier alpha value is -4.73. The predicted octanol–water partition coefficient (Wildman–Crippen LogP) is 5.37. The minimum atomic E-state index is -0.912. The third-order valence-electron chi connectivity index (χ3n) is 7.81. The van der Waals surface area contributed by atoms with Crippen LogP contribution in [0.5, 0.6) is 5.75 Å². The summed E-state index contributed by atoms with van der Waals surface area (Å²) in [4.78, 5) is 81.9. The fourth-order valence-electron chi connectivity index (χ4n) is 5.71. The van der Waals surface area contributed by atoms with Gasteiger partial charge in [0.1, 0.15) is 11.0 Å². The number of hydrogen-bond donors (Lipinski definition) is 2. The standard InChI is InChI=1S/C34H28BrN3O9S2/c1-3-45-32(42)17-5-10-20(11-6-17)36-24(39)16-47-23-14-9-19(35)15-22(23)25-26-28(48-29-27(25)49-34(44)37-29)31(41)38(30(26)40)21-12-7-18(8-13-21)33(43)46-4-2/h5-15,25-26,28H,3-4,16H2,1-2H3,(H,36,39)(H,37,44)/t25-,26?,28?/m1/s1. The SMILES string of the molecule is CCOC(=O)c1ccc(NC(=O)COc2ccc(Br)cc2[C@H]2c3sc(=O)[nH]c3SC3C(=O)N(c4ccc(C(=O)OCC)cc4)C(=O)C32)cc1. The van der Waals surface area contributed by atoms with Crippen LogP contribution in [0.2, 0.25) is 0 Å². The molecule has 1 fully saturated rings. The number of benzene rings is 3. The van der Waals surface area contributed by atoms with Gasteiger partial charge in [-0.1, -0.05) is 39.0 Å². The smallest absolute Gasteiger partial charge is 0.338 e. The highest BCUT2D eigenvalue weighted by atomic mass is 79.9. The molecular formula is C34H28BrN3O9S2. The number of rotatable bonds is 10. The number of imide groups is 1. The summed E-state index contributed by atoms with van der Waals surface area (Å²) in [5.74, 6) is -3.80. The van der Waals surface area contributed by atoms with E-state index in [9.17, 15) is 28.8 Å². The maximum Gasteiger partial charge on any atom is 0.338 e. The van der Waals surface area contributed by atoms with Gasteiger partial charge in [0, 0.05) is 26.5 Å². The number of fused-ring (bicyclic) bond motifs is 2. The first-order valence-corrected chi connectivity index (χ1v) is 17.6. The molecule has 1 saturated heterocycles. The number of nitrogens with one attached hydrogen (secondary N) is 2. The van der Waals surface area contributed by atoms with E-state index in [1.165, 1.54) is 36.4 Å². The molecule has 0 spiro atoms. The number of halogens is 1. The average Bonchev–Trinajstić information content (AvgIpc) is 3.58. The number of esters is 2. The van der Waals surface area contributed by atoms with Crippen molar-refractivity contribution in [2.75, 3.05) is 30.0 Å². The second kappa shape index (κ2) is 14.4. The Morgan fingerprint density at radius 1 is 0.878 bits per heavy atom. The van der Waals surface area contributed by atoms with E-state index in [0.717, 1.165) is 28.0 Å². The van der Waals surface area contributed by atoms with Gasteiger partial charge in [-0.15, -0.1) is 0 Å². The zero-order chi connectivity index (χ0) is 34.8. The predicted molar refractivity (Wildman–Crippen MR) is 185 cm³/mol. The number of hydrogen-bond acceptors (Lipinski definition) is 11. The van der Waals surface area contributed by atoms with Crippen LogP contribution in [-0.4, -0.2) is 59.7 Å². The van der Waals surface area contributed by atoms with E-state index < -0.39 is 53.4 Å². The van der Waals surface area contributed by atoms with Gasteiger partial charge >= 0.3 is 16.8 Å². The van der Waals surface area contributed by atoms with E-state index in [1.807, 2.05) is 0 Å². The molecule has 0 saturated carbocycles. The number of thiazole rings is 1. The Labute approximate surface area is 296 Å². The van der Waals surface area contributed by atoms with Crippen LogP contribution in [0.1, 0.15) is 50.9 Å². The number of thioether (sulfide) groups is 1. The molecular weight excluding hydrogens is 738 g/mol. The van der Waals surface area contributed by atoms with Gasteiger partial charge in [0.05, 0.1) is 41.0 Å². The van der Waals surface area contributed by atoms with Crippen LogP contribution in [0, 0.1) is 5.92 Å². The first-order chi connectivity index (χ1) is 23.6. The lowest BCUT2D eigenvalue weighted by Crippen LogP contribution is -2.32. The highest BCUT2D eigenvalue weighted by molar-refractivity contribution is 9.10. The zero-order valence-corrected chi connectivity index (χ0v) is 29.2. The molecule has 1 aromatic heterocycles. The fraction of sp³-hybridized carbons (Fsp3) is 0.235. The summed E-state index contributed by atoms with van der Waals surface area (Å²) >= 11 is 5.58. The van der Waals surface area contributed by atoms with Crippen LogP contribution in [0.15, 0.2) is 81.0 Å². The van der Waals surface area contributed by atoms with E-state index in [4.69, 9.17) is 14.2 Å². The molecule has 3 aromatic carbocycles. The van der Waals surface area contributed by atoms with Gasteiger partial charge in [0.2, 0.25) is 11.8 Å². The number of carbonyl (C=O) groups is 5. The van der Waals surface area contributed by atoms with Gasteiger partial charge in [-0.3, -0.25) is 19.2 Å². The third kappa shape index (κ3) is 6.91. The number of ether oxygens (including phenoxy) is 3. The van der Waals surface area contributed by atoms with Crippen molar-refractivity contribution in [2.24, 2.45) is 5.92 Å². The lowest BCUT2D eigenvalue weighted by Gasteiger charge is -2.31. The van der Waals surface area contributed by atoms with Crippen molar-refractivity contribution in [2.45, 2.75) is 30.0 Å². The molecule has 49 heavy (non-hydrogen) atoms. The van der Waals surface area contributed by atoms with Gasteiger partial charge in [0.25, 0.3) is 5.91 Å². The van der Waals surface area contributed by atoms with Crippen molar-refractivity contribution in [1.82, 2.24) is 4.98 Å². The lowest BCUT2D eigenvalue weighted by atomic mass is 9.82. The number of carbonyl (C=O) groups excluding carboxylic acids is 5. The second-order valence-corrected chi connectivity index (χ2v) is 13.9. The van der Waals surface area contributed by atoms with Crippen LogP contribution < -0.4 is 19.8 Å². The van der Waals surface area contributed by atoms with Crippen LogP contribution in [0.4, 0.5) is 11.4 Å². The van der Waals surface area contributed by atoms with Crippen molar-refractivity contribution in [3.63, 3.8) is 0 Å². The van der Waals surface area contributed by atoms with E-state index in [-0.39, 0.29) is 29.4 Å². The second-order valence-electron chi connectivity index (χ2n) is 10.8. The summed E-state index contributed by atoms with van der Waals surface area (Å²) in [5.41, 5.74) is 1.87. The van der Waals surface area contributed by atoms with Crippen molar-refractivity contribution in [3.05, 3.63) is 102 Å². The van der Waals surface area contributed by atoms with E-state index in [1.54, 1.807) is 44.2 Å². The van der Waals surface area contributed by atoms with E-state index >= 15 is 0 Å². The Kier molecular flexibility index (Phi) is 10.0. The van der Waals surface area contributed by atoms with Crippen LogP contribution in [0.3, 0.4) is 0 Å². The average molecular weight is 767 g/mol. The molecule has 0 radical (unpaired) electrons. The molecule has 0 bridgehead atoms. The minimum absolute atomic E-state index is 0.205. The Morgan fingerprint density at radius 3 is 2.14 bits per heavy atom. The first kappa shape index (κ1) is 34.1. The molecule has 2 aliphatic rings. The number of anilines is 2. The van der Waals surface area contributed by atoms with Crippen molar-refractivity contribution < 1.29 is 38.2 Å². The summed E-state index contributed by atoms with van der Waals surface area (Å²) in [5, 5.41) is 2.34. The molecule has 4 aromatic rings. The van der Waals surface area contributed by atoms with Gasteiger partial charge in [-0.25, -0.2) is 14.5 Å². The van der Waals surface area contributed by atoms with Gasteiger partial charge in [-0.2, -0.15) is 0 Å². The maximum absolute atomic E-state index is 14.2. The minimum Gasteiger partial charge on any atom is -0.483 e. The molecule has 6 rings (SSSR count). The number of aromatic amines is 1. The normalized spacial score (nSPS) is 18.0. The molecule has 15 heteroatoms. The maximum atomic E-state index is 14.2. The molecule has 252 valence electrons. The summed E-state index contributed by atoms with van der Waals surface area (Å²) < 4.78 is 16.7. The van der Waals surface area contributed by atoms with Crippen LogP contribution in [-0.2, 0) is 23.9 Å². The largest absolute Gasteiger partial charge is 0.483 e. The van der Waals surface area contributed by atoms with Crippen molar-refractivity contribution >= 4 is 80.1 Å². The number of amides is 3. The number of aromatic nitrogens is 1. The van der Waals surface area contributed by atoms with Crippen LogP contribution in [0.25, 0.3) is 0 Å². The fourth-order valence-corrected chi connectivity index (χ4v) is 8.59. The molecule has 3 amide bonds. The molecule has 2 unspecified atom stereocenters. The quantitative estimate of drug-likeness (QED) is 0.159. The molecule has 0 aliphatic carbocycles. The van der Waals surface area contributed by atoms with Crippen LogP contribution >= 0.6 is 39.0 Å². The molecule has 3 heterocycles. The van der Waals surface area contributed by atoms with E-state index in [2.05, 4.69) is 26.2 Å². The topological polar surface area (TPSA) is 161 Å². The summed E-state index contributed by atoms with van der Waals surface area (Å²) in [6.45, 7) is 3.46. The van der Waals surface area contributed by atoms with Gasteiger partial charge in [0.15, 0.2) is 6.61 Å². The molecule has 3 atom stereocenters. The molecule has 2 N–H and O–H groups in total. The van der Waals surface area contributed by atoms with Gasteiger partial charge < -0.3 is 24.5 Å². The lowest BCUT2D eigenvalue weighted by molar-refractivity contribution is -0.122. The zero-order valence-electron chi connectivity index (χ0n) is 26.0. The number of H-pyrrole nitrogens is 1. The monoisotopic (exact) mass is 765 g/mol. The number of nitrogens with zero attached hydrogens (tertiary/aromatic N) is 1. The van der Waals surface area contributed by atoms with Crippen molar-refractivity contribution in [3.8, 4) is 5.75 Å². The summed E-state index contributed by atoms with van der Waals surface area (Å²) in [7, 11) is 0. The van der Waals surface area contributed by atoms with E-state index in [0.29, 0.717) is 36.9 Å². The Bertz CT molecular complexity index is 2010. The van der Waals surface area contributed by atoms with Gasteiger partial charge in [-0.05, 0) is 80.6 Å². The summed E-state index contributed by atoms with van der Waals surface area (Å²) in [6.07, 6.45) is 0. The highest BCUT2D eigenvalue weighted by Gasteiger charge is 2.57. The summed E-state index contributed by atoms with van der Waals surface area (Å²) in [6, 6.07) is 17.4. The Balaban J connectivity index is 1.27. The molecule has 2 aliphatic heterocycles. The first-order valence-electron chi connectivity index (χ1n) is 15.1. The highest BCUT2D eigenvalue weighted by Crippen LogP contribution is 2.54.